The number of amides is 2. The van der Waals surface area contributed by atoms with Gasteiger partial charge in [-0.1, -0.05) is 54.6 Å². The van der Waals surface area contributed by atoms with Crippen LogP contribution in [-0.2, 0) is 4.79 Å². The van der Waals surface area contributed by atoms with Crippen LogP contribution in [0.1, 0.15) is 33.2 Å². The van der Waals surface area contributed by atoms with E-state index >= 15 is 0 Å². The molecule has 0 saturated heterocycles. The van der Waals surface area contributed by atoms with E-state index in [1.807, 2.05) is 79.7 Å². The predicted octanol–water partition coefficient (Wildman–Crippen LogP) is 6.45. The molecule has 6 heteroatoms. The summed E-state index contributed by atoms with van der Waals surface area (Å²) in [5.74, 6) is 1.00. The average Bonchev–Trinajstić information content (AvgIpc) is 3.38. The maximum Gasteiger partial charge on any atom is 0.255 e. The third-order valence-corrected chi connectivity index (χ3v) is 6.71. The van der Waals surface area contributed by atoms with Crippen LogP contribution in [0, 0.1) is 6.92 Å². The van der Waals surface area contributed by atoms with Gasteiger partial charge in [0.1, 0.15) is 18.0 Å². The van der Waals surface area contributed by atoms with Crippen molar-refractivity contribution in [2.45, 2.75) is 13.0 Å². The average molecular weight is 488 g/mol. The van der Waals surface area contributed by atoms with Gasteiger partial charge in [0.15, 0.2) is 0 Å². The summed E-state index contributed by atoms with van der Waals surface area (Å²) >= 11 is 0. The molecule has 2 heterocycles. The highest BCUT2D eigenvalue weighted by atomic mass is 16.5. The fourth-order valence-electron chi connectivity index (χ4n) is 5.08. The van der Waals surface area contributed by atoms with Gasteiger partial charge in [-0.2, -0.15) is 0 Å². The van der Waals surface area contributed by atoms with E-state index in [0.29, 0.717) is 17.0 Å². The van der Waals surface area contributed by atoms with Crippen molar-refractivity contribution < 1.29 is 14.3 Å². The summed E-state index contributed by atoms with van der Waals surface area (Å²) < 4.78 is 5.83. The zero-order valence-electron chi connectivity index (χ0n) is 20.3. The molecule has 6 rings (SSSR count). The van der Waals surface area contributed by atoms with Crippen molar-refractivity contribution in [2.24, 2.45) is 0 Å². The van der Waals surface area contributed by atoms with E-state index < -0.39 is 0 Å². The van der Waals surface area contributed by atoms with E-state index in [1.54, 1.807) is 29.2 Å². The highest BCUT2D eigenvalue weighted by molar-refractivity contribution is 6.04. The first-order valence-corrected chi connectivity index (χ1v) is 12.2. The molecule has 37 heavy (non-hydrogen) atoms. The summed E-state index contributed by atoms with van der Waals surface area (Å²) in [6.07, 6.45) is 0. The van der Waals surface area contributed by atoms with Gasteiger partial charge in [0, 0.05) is 33.4 Å². The summed E-state index contributed by atoms with van der Waals surface area (Å²) in [5, 5.41) is 3.98. The lowest BCUT2D eigenvalue weighted by Gasteiger charge is -2.25. The highest BCUT2D eigenvalue weighted by Crippen LogP contribution is 2.42. The molecule has 1 atom stereocenters. The lowest BCUT2D eigenvalue weighted by atomic mass is 9.95. The first kappa shape index (κ1) is 22.6. The van der Waals surface area contributed by atoms with Gasteiger partial charge in [0.25, 0.3) is 5.91 Å². The van der Waals surface area contributed by atoms with Gasteiger partial charge >= 0.3 is 0 Å². The van der Waals surface area contributed by atoms with Crippen LogP contribution in [-0.4, -0.2) is 28.2 Å². The van der Waals surface area contributed by atoms with Gasteiger partial charge in [0.05, 0.1) is 6.04 Å². The molecule has 0 aliphatic carbocycles. The van der Waals surface area contributed by atoms with Gasteiger partial charge < -0.3 is 19.9 Å². The molecule has 0 spiro atoms. The number of nitrogens with one attached hydrogen (secondary N) is 2. The quantitative estimate of drug-likeness (QED) is 0.289. The van der Waals surface area contributed by atoms with Crippen molar-refractivity contribution in [1.29, 1.82) is 0 Å². The van der Waals surface area contributed by atoms with Crippen LogP contribution >= 0.6 is 0 Å². The van der Waals surface area contributed by atoms with Crippen molar-refractivity contribution in [3.05, 3.63) is 126 Å². The van der Waals surface area contributed by atoms with E-state index in [9.17, 15) is 9.59 Å². The van der Waals surface area contributed by atoms with Crippen LogP contribution in [0.2, 0.25) is 0 Å². The number of anilines is 1. The lowest BCUT2D eigenvalue weighted by Crippen LogP contribution is -2.36. The number of hydrogen-bond acceptors (Lipinski definition) is 3. The van der Waals surface area contributed by atoms with Crippen molar-refractivity contribution in [2.75, 3.05) is 11.9 Å². The molecule has 5 aromatic rings. The predicted molar refractivity (Wildman–Crippen MR) is 144 cm³/mol. The SMILES string of the molecule is Cc1[nH]c2ccccc2c1C1c2ccccc2C(=O)N1CC(=O)Nc1ccc(Oc2ccccc2)cc1. The van der Waals surface area contributed by atoms with Crippen molar-refractivity contribution >= 4 is 28.4 Å². The molecule has 2 N–H and O–H groups in total. The maximum absolute atomic E-state index is 13.5. The number of hydrogen-bond donors (Lipinski definition) is 2. The summed E-state index contributed by atoms with van der Waals surface area (Å²) in [6.45, 7) is 1.94. The summed E-state index contributed by atoms with van der Waals surface area (Å²) in [6, 6.07) is 32.0. The van der Waals surface area contributed by atoms with Gasteiger partial charge in [-0.25, -0.2) is 0 Å². The molecule has 1 aliphatic rings. The Morgan fingerprint density at radius 1 is 0.865 bits per heavy atom. The Bertz CT molecular complexity index is 1610. The second-order valence-corrected chi connectivity index (χ2v) is 9.12. The monoisotopic (exact) mass is 487 g/mol. The minimum absolute atomic E-state index is 0.0700. The van der Waals surface area contributed by atoms with Crippen LogP contribution in [0.3, 0.4) is 0 Å². The molecule has 1 aliphatic heterocycles. The highest BCUT2D eigenvalue weighted by Gasteiger charge is 2.40. The maximum atomic E-state index is 13.5. The number of fused-ring (bicyclic) bond motifs is 2. The lowest BCUT2D eigenvalue weighted by molar-refractivity contribution is -0.117. The largest absolute Gasteiger partial charge is 0.457 e. The first-order chi connectivity index (χ1) is 18.1. The fourth-order valence-corrected chi connectivity index (χ4v) is 5.08. The minimum Gasteiger partial charge on any atom is -0.457 e. The van der Waals surface area contributed by atoms with Crippen molar-refractivity contribution in [1.82, 2.24) is 9.88 Å². The molecule has 1 unspecified atom stereocenters. The molecule has 2 amide bonds. The number of benzene rings is 4. The summed E-state index contributed by atoms with van der Waals surface area (Å²) in [5.41, 5.74) is 5.19. The van der Waals surface area contributed by atoms with E-state index in [2.05, 4.69) is 16.4 Å². The van der Waals surface area contributed by atoms with Crippen LogP contribution < -0.4 is 10.1 Å². The first-order valence-electron chi connectivity index (χ1n) is 12.2. The molecule has 182 valence electrons. The number of nitrogens with zero attached hydrogens (tertiary/aromatic N) is 1. The molecule has 6 nitrogen and oxygen atoms in total. The molecule has 4 aromatic carbocycles. The van der Waals surface area contributed by atoms with Crippen molar-refractivity contribution in [3.8, 4) is 11.5 Å². The fraction of sp³-hybridized carbons (Fsp3) is 0.0968. The number of H-pyrrole nitrogens is 1. The molecule has 0 bridgehead atoms. The number of carbonyl (C=O) groups excluding carboxylic acids is 2. The number of para-hydroxylation sites is 2. The zero-order chi connectivity index (χ0) is 25.4. The molecule has 0 fully saturated rings. The van der Waals surface area contributed by atoms with Crippen LogP contribution in [0.5, 0.6) is 11.5 Å². The molecule has 1 aromatic heterocycles. The Kier molecular flexibility index (Phi) is 5.69. The van der Waals surface area contributed by atoms with E-state index in [0.717, 1.165) is 33.5 Å². The third kappa shape index (κ3) is 4.23. The molecular formula is C31H25N3O3. The standard InChI is InChI=1S/C31H25N3O3/c1-20-29(26-13-7-8-14-27(26)32-20)30-24-11-5-6-12-25(24)31(36)34(30)19-28(35)33-21-15-17-23(18-16-21)37-22-9-3-2-4-10-22/h2-18,30,32H,19H2,1H3,(H,33,35). The number of aromatic amines is 1. The zero-order valence-corrected chi connectivity index (χ0v) is 20.3. The van der Waals surface area contributed by atoms with Crippen LogP contribution in [0.4, 0.5) is 5.69 Å². The number of carbonyl (C=O) groups is 2. The second kappa shape index (κ2) is 9.32. The van der Waals surface area contributed by atoms with Gasteiger partial charge in [-0.3, -0.25) is 9.59 Å². The molecular weight excluding hydrogens is 462 g/mol. The summed E-state index contributed by atoms with van der Waals surface area (Å²) in [4.78, 5) is 31.7. The third-order valence-electron chi connectivity index (χ3n) is 6.71. The van der Waals surface area contributed by atoms with E-state index in [4.69, 9.17) is 4.74 Å². The number of aromatic nitrogens is 1. The number of aryl methyl sites for hydroxylation is 1. The second-order valence-electron chi connectivity index (χ2n) is 9.12. The van der Waals surface area contributed by atoms with E-state index in [1.165, 1.54) is 0 Å². The van der Waals surface area contributed by atoms with Gasteiger partial charge in [-0.05, 0) is 61.0 Å². The van der Waals surface area contributed by atoms with Gasteiger partial charge in [-0.15, -0.1) is 0 Å². The Balaban J connectivity index is 1.25. The topological polar surface area (TPSA) is 74.4 Å². The van der Waals surface area contributed by atoms with Crippen LogP contribution in [0.25, 0.3) is 10.9 Å². The Hall–Kier alpha value is -4.84. The van der Waals surface area contributed by atoms with Gasteiger partial charge in [0.2, 0.25) is 5.91 Å². The smallest absolute Gasteiger partial charge is 0.255 e. The molecule has 0 saturated carbocycles. The Labute approximate surface area is 214 Å². The Morgan fingerprint density at radius 2 is 1.54 bits per heavy atom. The van der Waals surface area contributed by atoms with Crippen molar-refractivity contribution in [3.63, 3.8) is 0 Å². The van der Waals surface area contributed by atoms with Crippen LogP contribution in [0.15, 0.2) is 103 Å². The number of ether oxygens (including phenoxy) is 1. The normalized spacial score (nSPS) is 14.6. The Morgan fingerprint density at radius 3 is 2.35 bits per heavy atom. The summed E-state index contributed by atoms with van der Waals surface area (Å²) in [7, 11) is 0. The molecule has 0 radical (unpaired) electrons. The van der Waals surface area contributed by atoms with E-state index in [-0.39, 0.29) is 24.4 Å². The minimum atomic E-state index is -0.354. The number of rotatable bonds is 6.